The second-order valence-corrected chi connectivity index (χ2v) is 5.06. The third-order valence-corrected chi connectivity index (χ3v) is 3.48. The van der Waals surface area contributed by atoms with E-state index in [4.69, 9.17) is 14.7 Å². The van der Waals surface area contributed by atoms with Crippen molar-refractivity contribution in [1.29, 1.82) is 5.26 Å². The van der Waals surface area contributed by atoms with Gasteiger partial charge in [-0.05, 0) is 12.1 Å². The first-order chi connectivity index (χ1) is 12.2. The maximum absolute atomic E-state index is 8.68. The molecule has 3 aromatic rings. The van der Waals surface area contributed by atoms with E-state index in [1.165, 1.54) is 0 Å². The van der Waals surface area contributed by atoms with Crippen LogP contribution in [-0.4, -0.2) is 40.9 Å². The molecule has 128 valence electrons. The van der Waals surface area contributed by atoms with E-state index in [1.807, 2.05) is 6.07 Å². The van der Waals surface area contributed by atoms with E-state index in [2.05, 4.69) is 36.9 Å². The Morgan fingerprint density at radius 1 is 1.20 bits per heavy atom. The number of hydrogen-bond acceptors (Lipinski definition) is 8. The fraction of sp³-hybridized carbons (Fsp3) is 0.250. The van der Waals surface area contributed by atoms with Gasteiger partial charge in [0.2, 0.25) is 5.95 Å². The fourth-order valence-electron chi connectivity index (χ4n) is 2.31. The van der Waals surface area contributed by atoms with Crippen molar-refractivity contribution in [3.8, 4) is 17.6 Å². The summed E-state index contributed by atoms with van der Waals surface area (Å²) >= 11 is 0. The second-order valence-electron chi connectivity index (χ2n) is 5.06. The molecule has 9 heteroatoms. The number of H-pyrrole nitrogens is 1. The van der Waals surface area contributed by atoms with E-state index in [1.54, 1.807) is 32.5 Å². The molecule has 0 atom stereocenters. The van der Waals surface area contributed by atoms with E-state index in [9.17, 15) is 0 Å². The van der Waals surface area contributed by atoms with Gasteiger partial charge in [0.25, 0.3) is 0 Å². The van der Waals surface area contributed by atoms with Crippen molar-refractivity contribution in [3.05, 3.63) is 24.4 Å². The first-order valence-corrected chi connectivity index (χ1v) is 7.56. The summed E-state index contributed by atoms with van der Waals surface area (Å²) in [5, 5.41) is 22.5. The summed E-state index contributed by atoms with van der Waals surface area (Å²) in [5.74, 6) is 2.24. The van der Waals surface area contributed by atoms with Crippen molar-refractivity contribution in [3.63, 3.8) is 0 Å². The molecule has 0 amide bonds. The normalized spacial score (nSPS) is 10.3. The molecule has 0 fully saturated rings. The minimum atomic E-state index is 0.377. The molecule has 1 aromatic carbocycles. The predicted octanol–water partition coefficient (Wildman–Crippen LogP) is 2.44. The molecule has 2 heterocycles. The van der Waals surface area contributed by atoms with E-state index >= 15 is 0 Å². The van der Waals surface area contributed by atoms with Gasteiger partial charge in [0, 0.05) is 18.3 Å². The lowest BCUT2D eigenvalue weighted by atomic mass is 10.2. The number of aromatic nitrogens is 4. The lowest BCUT2D eigenvalue weighted by Crippen LogP contribution is -2.06. The summed E-state index contributed by atoms with van der Waals surface area (Å²) in [6.07, 6.45) is 2.02. The smallest absolute Gasteiger partial charge is 0.231 e. The van der Waals surface area contributed by atoms with Gasteiger partial charge in [0.15, 0.2) is 17.1 Å². The Bertz CT molecular complexity index is 916. The number of anilines is 3. The van der Waals surface area contributed by atoms with Crippen LogP contribution in [0, 0.1) is 11.3 Å². The zero-order valence-corrected chi connectivity index (χ0v) is 13.8. The van der Waals surface area contributed by atoms with E-state index in [0.29, 0.717) is 41.9 Å². The number of rotatable bonds is 7. The molecule has 0 aliphatic rings. The highest BCUT2D eigenvalue weighted by Gasteiger charge is 2.11. The van der Waals surface area contributed by atoms with Crippen LogP contribution in [0.3, 0.4) is 0 Å². The first-order valence-electron chi connectivity index (χ1n) is 7.56. The molecule has 0 aliphatic heterocycles. The summed E-state index contributed by atoms with van der Waals surface area (Å²) in [6, 6.07) is 7.51. The zero-order chi connectivity index (χ0) is 17.6. The summed E-state index contributed by atoms with van der Waals surface area (Å²) in [5.41, 5.74) is 1.34. The molecule has 0 saturated heterocycles. The van der Waals surface area contributed by atoms with Gasteiger partial charge in [0.05, 0.1) is 38.3 Å². The molecule has 3 N–H and O–H groups in total. The monoisotopic (exact) mass is 339 g/mol. The Kier molecular flexibility index (Phi) is 4.80. The molecule has 0 radical (unpaired) electrons. The summed E-state index contributed by atoms with van der Waals surface area (Å²) in [7, 11) is 3.16. The van der Waals surface area contributed by atoms with Crippen LogP contribution < -0.4 is 20.1 Å². The predicted molar refractivity (Wildman–Crippen MR) is 93.2 cm³/mol. The second kappa shape index (κ2) is 7.35. The maximum Gasteiger partial charge on any atom is 0.231 e. The van der Waals surface area contributed by atoms with Crippen molar-refractivity contribution in [2.45, 2.75) is 6.42 Å². The van der Waals surface area contributed by atoms with Gasteiger partial charge in [-0.1, -0.05) is 0 Å². The minimum Gasteiger partial charge on any atom is -0.493 e. The molecule has 0 unspecified atom stereocenters. The van der Waals surface area contributed by atoms with Gasteiger partial charge in [0.1, 0.15) is 5.82 Å². The first kappa shape index (κ1) is 16.3. The van der Waals surface area contributed by atoms with Crippen LogP contribution in [0.15, 0.2) is 24.4 Å². The van der Waals surface area contributed by atoms with Gasteiger partial charge in [-0.15, -0.1) is 0 Å². The standard InChI is InChI=1S/C16H17N7O2/c1-24-12-5-4-10(8-13(12)25-2)20-16-21-14(18-7-3-6-17)11-9-19-23-15(11)22-16/h4-5,8-9H,3,7H2,1-2H3,(H3,18,19,20,21,22,23). The molecule has 2 aromatic heterocycles. The molecule has 9 nitrogen and oxygen atoms in total. The average Bonchev–Trinajstić information content (AvgIpc) is 3.10. The zero-order valence-electron chi connectivity index (χ0n) is 13.8. The van der Waals surface area contributed by atoms with Crippen LogP contribution in [0.5, 0.6) is 11.5 Å². The van der Waals surface area contributed by atoms with Crippen LogP contribution in [0.2, 0.25) is 0 Å². The molecular weight excluding hydrogens is 322 g/mol. The van der Waals surface area contributed by atoms with Gasteiger partial charge in [-0.2, -0.15) is 20.3 Å². The Labute approximate surface area is 144 Å². The highest BCUT2D eigenvalue weighted by Crippen LogP contribution is 2.31. The minimum absolute atomic E-state index is 0.377. The lowest BCUT2D eigenvalue weighted by Gasteiger charge is -2.11. The highest BCUT2D eigenvalue weighted by atomic mass is 16.5. The SMILES string of the molecule is COc1ccc(Nc2nc(NCCC#N)c3cn[nH]c3n2)cc1OC. The fourth-order valence-corrected chi connectivity index (χ4v) is 2.31. The lowest BCUT2D eigenvalue weighted by molar-refractivity contribution is 0.355. The van der Waals surface area contributed by atoms with Crippen LogP contribution in [0.25, 0.3) is 11.0 Å². The number of aromatic amines is 1. The van der Waals surface area contributed by atoms with Gasteiger partial charge >= 0.3 is 0 Å². The Hall–Kier alpha value is -3.54. The van der Waals surface area contributed by atoms with Crippen molar-refractivity contribution in [2.24, 2.45) is 0 Å². The van der Waals surface area contributed by atoms with Crippen LogP contribution in [0.1, 0.15) is 6.42 Å². The number of fused-ring (bicyclic) bond motifs is 1. The highest BCUT2D eigenvalue weighted by molar-refractivity contribution is 5.87. The molecule has 3 rings (SSSR count). The van der Waals surface area contributed by atoms with E-state index < -0.39 is 0 Å². The quantitative estimate of drug-likeness (QED) is 0.561. The number of benzene rings is 1. The Morgan fingerprint density at radius 3 is 2.80 bits per heavy atom. The van der Waals surface area contributed by atoms with Gasteiger partial charge in [-0.3, -0.25) is 5.10 Å². The van der Waals surface area contributed by atoms with Crippen LogP contribution in [-0.2, 0) is 0 Å². The Morgan fingerprint density at radius 2 is 2.04 bits per heavy atom. The van der Waals surface area contributed by atoms with Crippen molar-refractivity contribution < 1.29 is 9.47 Å². The van der Waals surface area contributed by atoms with Crippen molar-refractivity contribution in [1.82, 2.24) is 20.2 Å². The molecule has 25 heavy (non-hydrogen) atoms. The molecule has 0 spiro atoms. The summed E-state index contributed by atoms with van der Waals surface area (Å²) in [4.78, 5) is 8.86. The van der Waals surface area contributed by atoms with Crippen molar-refractivity contribution in [2.75, 3.05) is 31.4 Å². The largest absolute Gasteiger partial charge is 0.493 e. The molecule has 0 saturated carbocycles. The van der Waals surface area contributed by atoms with Gasteiger partial charge in [-0.25, -0.2) is 0 Å². The van der Waals surface area contributed by atoms with Crippen LogP contribution in [0.4, 0.5) is 17.5 Å². The van der Waals surface area contributed by atoms with Gasteiger partial charge < -0.3 is 20.1 Å². The number of hydrogen-bond donors (Lipinski definition) is 3. The molecule has 0 bridgehead atoms. The summed E-state index contributed by atoms with van der Waals surface area (Å²) < 4.78 is 10.5. The molecular formula is C16H17N7O2. The third kappa shape index (κ3) is 3.53. The van der Waals surface area contributed by atoms with E-state index in [0.717, 1.165) is 11.1 Å². The number of nitriles is 1. The third-order valence-electron chi connectivity index (χ3n) is 3.48. The molecule has 0 aliphatic carbocycles. The topological polar surface area (TPSA) is 121 Å². The average molecular weight is 339 g/mol. The van der Waals surface area contributed by atoms with Crippen molar-refractivity contribution >= 4 is 28.5 Å². The number of ether oxygens (including phenoxy) is 2. The number of nitrogens with zero attached hydrogens (tertiary/aromatic N) is 4. The van der Waals surface area contributed by atoms with Crippen LogP contribution >= 0.6 is 0 Å². The number of methoxy groups -OCH3 is 2. The maximum atomic E-state index is 8.68. The summed E-state index contributed by atoms with van der Waals surface area (Å²) in [6.45, 7) is 0.490. The van der Waals surface area contributed by atoms with E-state index in [-0.39, 0.29) is 0 Å². The Balaban J connectivity index is 1.89. The number of nitrogens with one attached hydrogen (secondary N) is 3.